The summed E-state index contributed by atoms with van der Waals surface area (Å²) in [6.07, 6.45) is 0. The molecule has 142 valence electrons. The van der Waals surface area contributed by atoms with Gasteiger partial charge in [0, 0.05) is 11.1 Å². The van der Waals surface area contributed by atoms with E-state index in [2.05, 4.69) is 114 Å². The molecule has 0 aliphatic rings. The van der Waals surface area contributed by atoms with E-state index in [1.165, 1.54) is 21.5 Å². The van der Waals surface area contributed by atoms with Gasteiger partial charge in [-0.1, -0.05) is 96.5 Å². The van der Waals surface area contributed by atoms with Crippen LogP contribution >= 0.6 is 0 Å². The fourth-order valence-corrected chi connectivity index (χ4v) is 7.30. The average molecular weight is 415 g/mol. The zero-order valence-electron chi connectivity index (χ0n) is 19.2. The molecule has 0 aromatic heterocycles. The predicted molar refractivity (Wildman–Crippen MR) is 133 cm³/mol. The van der Waals surface area contributed by atoms with Crippen LogP contribution in [-0.2, 0) is 0 Å². The Morgan fingerprint density at radius 1 is 0.577 bits per heavy atom. The second-order valence-corrected chi connectivity index (χ2v) is 30.9. The third-order valence-corrected chi connectivity index (χ3v) is 9.70. The monoisotopic (exact) mass is 414 g/mol. The summed E-state index contributed by atoms with van der Waals surface area (Å²) in [6.45, 7) is 28.6. The van der Waals surface area contributed by atoms with E-state index < -0.39 is 32.3 Å². The molecule has 1 aromatic carbocycles. The number of benzene rings is 1. The average Bonchev–Trinajstić information content (AvgIpc) is 2.38. The molecular weight excluding hydrogens is 377 g/mol. The summed E-state index contributed by atoms with van der Waals surface area (Å²) in [6, 6.07) is 4.65. The second kappa shape index (κ2) is 7.68. The molecule has 0 N–H and O–H groups in total. The number of hydrogen-bond acceptors (Lipinski definition) is 0. The van der Waals surface area contributed by atoms with Crippen molar-refractivity contribution >= 4 is 42.7 Å². The van der Waals surface area contributed by atoms with Gasteiger partial charge in [0.1, 0.15) is 16.1 Å². The summed E-state index contributed by atoms with van der Waals surface area (Å²) < 4.78 is 0. The lowest BCUT2D eigenvalue weighted by Crippen LogP contribution is -2.49. The molecule has 1 rings (SSSR count). The Morgan fingerprint density at radius 2 is 1.04 bits per heavy atom. The first-order valence-electron chi connectivity index (χ1n) is 9.66. The Kier molecular flexibility index (Phi) is 6.87. The largest absolute Gasteiger partial charge is 0.129 e. The van der Waals surface area contributed by atoms with Crippen molar-refractivity contribution in [2.45, 2.75) is 78.6 Å². The molecule has 0 fully saturated rings. The molecule has 0 aliphatic carbocycles. The van der Waals surface area contributed by atoms with Gasteiger partial charge < -0.3 is 0 Å². The zero-order chi connectivity index (χ0) is 20.6. The minimum atomic E-state index is -1.58. The van der Waals surface area contributed by atoms with Crippen molar-refractivity contribution in [1.82, 2.24) is 0 Å². The van der Waals surface area contributed by atoms with Gasteiger partial charge in [-0.15, -0.1) is 11.1 Å². The van der Waals surface area contributed by atoms with Crippen LogP contribution in [0.4, 0.5) is 0 Å². The standard InChI is InChI=1S/C22H38Si4/c1-23(2,3)17-15-19-13-14-21(25(7,8)9)20(16-18-24(4,5)6)22(19)26(10,11)12/h13-14H,1-12H3. The van der Waals surface area contributed by atoms with Crippen LogP contribution in [0.5, 0.6) is 0 Å². The van der Waals surface area contributed by atoms with Gasteiger partial charge in [-0.05, 0) is 16.4 Å². The first-order valence-corrected chi connectivity index (χ1v) is 23.7. The minimum Gasteiger partial charge on any atom is -0.127 e. The highest BCUT2D eigenvalue weighted by Gasteiger charge is 2.29. The molecule has 0 unspecified atom stereocenters. The van der Waals surface area contributed by atoms with E-state index >= 15 is 0 Å². The van der Waals surface area contributed by atoms with Crippen LogP contribution in [0.3, 0.4) is 0 Å². The van der Waals surface area contributed by atoms with E-state index in [0.717, 1.165) is 0 Å². The molecule has 0 nitrogen and oxygen atoms in total. The summed E-state index contributed by atoms with van der Waals surface area (Å²) in [4.78, 5) is 0. The Balaban J connectivity index is 3.94. The fourth-order valence-electron chi connectivity index (χ4n) is 2.75. The molecule has 0 amide bonds. The predicted octanol–water partition coefficient (Wildman–Crippen LogP) is 5.23. The molecule has 0 atom stereocenters. The Labute approximate surface area is 167 Å². The fraction of sp³-hybridized carbons (Fsp3) is 0.545. The number of rotatable bonds is 2. The van der Waals surface area contributed by atoms with Crippen LogP contribution < -0.4 is 10.4 Å². The lowest BCUT2D eigenvalue weighted by molar-refractivity contribution is 1.60. The highest BCUT2D eigenvalue weighted by molar-refractivity contribution is 6.93. The van der Waals surface area contributed by atoms with Gasteiger partial charge in [0.05, 0.1) is 16.1 Å². The van der Waals surface area contributed by atoms with E-state index in [9.17, 15) is 0 Å². The van der Waals surface area contributed by atoms with Crippen molar-refractivity contribution in [3.8, 4) is 22.9 Å². The van der Waals surface area contributed by atoms with Crippen LogP contribution in [0, 0.1) is 22.9 Å². The molecule has 1 aromatic rings. The van der Waals surface area contributed by atoms with Crippen molar-refractivity contribution in [1.29, 1.82) is 0 Å². The maximum Gasteiger partial charge on any atom is 0.129 e. The van der Waals surface area contributed by atoms with E-state index in [4.69, 9.17) is 0 Å². The molecule has 4 heteroatoms. The van der Waals surface area contributed by atoms with Crippen LogP contribution in [0.1, 0.15) is 11.1 Å². The van der Waals surface area contributed by atoms with Crippen LogP contribution in [0.15, 0.2) is 12.1 Å². The van der Waals surface area contributed by atoms with E-state index in [1.54, 1.807) is 0 Å². The smallest absolute Gasteiger partial charge is 0.127 e. The van der Waals surface area contributed by atoms with Gasteiger partial charge in [0.2, 0.25) is 0 Å². The first-order chi connectivity index (χ1) is 11.4. The zero-order valence-corrected chi connectivity index (χ0v) is 23.2. The van der Waals surface area contributed by atoms with Crippen molar-refractivity contribution in [2.24, 2.45) is 0 Å². The van der Waals surface area contributed by atoms with Gasteiger partial charge in [-0.25, -0.2) is 0 Å². The summed E-state index contributed by atoms with van der Waals surface area (Å²) in [5.41, 5.74) is 9.83. The first kappa shape index (κ1) is 23.2. The van der Waals surface area contributed by atoms with E-state index in [1.807, 2.05) is 0 Å². The van der Waals surface area contributed by atoms with Crippen LogP contribution in [-0.4, -0.2) is 32.3 Å². The SMILES string of the molecule is C[Si](C)(C)C#Cc1ccc([Si](C)(C)C)c(C#C[Si](C)(C)C)c1[Si](C)(C)C. The third-order valence-electron chi connectivity index (χ3n) is 3.90. The molecule has 0 aliphatic heterocycles. The van der Waals surface area contributed by atoms with Crippen molar-refractivity contribution < 1.29 is 0 Å². The molecule has 26 heavy (non-hydrogen) atoms. The minimum absolute atomic E-state index is 1.24. The Hall–Kier alpha value is -0.792. The van der Waals surface area contributed by atoms with Crippen molar-refractivity contribution in [3.05, 3.63) is 23.3 Å². The Bertz CT molecular complexity index is 784. The number of hydrogen-bond donors (Lipinski definition) is 0. The molecule has 0 saturated carbocycles. The summed E-state index contributed by atoms with van der Waals surface area (Å²) in [5, 5.41) is 3.01. The summed E-state index contributed by atoms with van der Waals surface area (Å²) in [5.74, 6) is 7.28. The van der Waals surface area contributed by atoms with Crippen molar-refractivity contribution in [3.63, 3.8) is 0 Å². The lowest BCUT2D eigenvalue weighted by atomic mass is 10.1. The van der Waals surface area contributed by atoms with Crippen LogP contribution in [0.25, 0.3) is 0 Å². The normalized spacial score (nSPS) is 12.8. The second-order valence-electron chi connectivity index (χ2n) is 11.4. The highest BCUT2D eigenvalue weighted by atomic mass is 28.3. The molecule has 0 bridgehead atoms. The molecule has 0 heterocycles. The maximum atomic E-state index is 3.70. The van der Waals surface area contributed by atoms with Gasteiger partial charge in [0.15, 0.2) is 0 Å². The van der Waals surface area contributed by atoms with Gasteiger partial charge in [-0.2, -0.15) is 0 Å². The van der Waals surface area contributed by atoms with Crippen LogP contribution in [0.2, 0.25) is 78.6 Å². The third kappa shape index (κ3) is 7.08. The molecule has 0 radical (unpaired) electrons. The van der Waals surface area contributed by atoms with E-state index in [-0.39, 0.29) is 0 Å². The Morgan fingerprint density at radius 3 is 1.42 bits per heavy atom. The quantitative estimate of drug-likeness (QED) is 0.459. The van der Waals surface area contributed by atoms with E-state index in [0.29, 0.717) is 0 Å². The topological polar surface area (TPSA) is 0 Å². The molecule has 0 spiro atoms. The summed E-state index contributed by atoms with van der Waals surface area (Å²) in [7, 11) is -5.88. The lowest BCUT2D eigenvalue weighted by Gasteiger charge is -2.27. The van der Waals surface area contributed by atoms with Gasteiger partial charge >= 0.3 is 0 Å². The molecular formula is C22H38Si4. The highest BCUT2D eigenvalue weighted by Crippen LogP contribution is 2.14. The van der Waals surface area contributed by atoms with Gasteiger partial charge in [-0.3, -0.25) is 0 Å². The maximum absolute atomic E-state index is 3.70. The summed E-state index contributed by atoms with van der Waals surface area (Å²) >= 11 is 0. The van der Waals surface area contributed by atoms with Gasteiger partial charge in [0.25, 0.3) is 0 Å². The van der Waals surface area contributed by atoms with Crippen molar-refractivity contribution in [2.75, 3.05) is 0 Å². The molecule has 0 saturated heterocycles.